The maximum Gasteiger partial charge on any atom is 0.256 e. The maximum atomic E-state index is 2.57. The van der Waals surface area contributed by atoms with Crippen molar-refractivity contribution in [1.82, 2.24) is 4.57 Å². The van der Waals surface area contributed by atoms with Gasteiger partial charge in [0, 0.05) is 6.42 Å². The van der Waals surface area contributed by atoms with Crippen molar-refractivity contribution in [3.05, 3.63) is 18.2 Å². The van der Waals surface area contributed by atoms with Gasteiger partial charge < -0.3 is 0 Å². The number of aromatic nitrogens is 2. The molecule has 0 fully saturated rings. The van der Waals surface area contributed by atoms with Gasteiger partial charge in [0.2, 0.25) is 0 Å². The molecule has 0 aromatic carbocycles. The molecule has 0 amide bonds. The zero-order chi connectivity index (χ0) is 19.6. The van der Waals surface area contributed by atoms with Crippen LogP contribution in [-0.2, 0) is 19.5 Å². The molecule has 1 aromatic heterocycles. The molecular formula is C25H49N2+. The van der Waals surface area contributed by atoms with Crippen LogP contribution in [-0.4, -0.2) is 4.57 Å². The van der Waals surface area contributed by atoms with Crippen molar-refractivity contribution in [2.24, 2.45) is 0 Å². The quantitative estimate of drug-likeness (QED) is 0.173. The molecule has 0 aliphatic rings. The molecule has 1 aromatic rings. The van der Waals surface area contributed by atoms with E-state index >= 15 is 0 Å². The van der Waals surface area contributed by atoms with Crippen LogP contribution in [0.4, 0.5) is 0 Å². The molecule has 1 rings (SSSR count). The molecule has 0 spiro atoms. The molecule has 0 radical (unpaired) electrons. The number of imidazole rings is 1. The average molecular weight is 378 g/mol. The number of unbranched alkanes of at least 4 members (excludes halogenated alkanes) is 13. The molecule has 0 aliphatic carbocycles. The lowest BCUT2D eigenvalue weighted by Crippen LogP contribution is -2.37. The van der Waals surface area contributed by atoms with E-state index in [9.17, 15) is 0 Å². The third-order valence-corrected chi connectivity index (χ3v) is 5.85. The van der Waals surface area contributed by atoms with Crippen LogP contribution in [0.15, 0.2) is 12.4 Å². The normalized spacial score (nSPS) is 11.4. The Morgan fingerprint density at radius 2 is 1.15 bits per heavy atom. The molecule has 0 saturated heterocycles. The zero-order valence-electron chi connectivity index (χ0n) is 19.0. The van der Waals surface area contributed by atoms with Gasteiger partial charge in [-0.15, -0.1) is 0 Å². The summed E-state index contributed by atoms with van der Waals surface area (Å²) in [4.78, 5) is 0. The fourth-order valence-corrected chi connectivity index (χ4v) is 4.03. The van der Waals surface area contributed by atoms with E-state index in [4.69, 9.17) is 0 Å². The molecule has 0 aliphatic heterocycles. The first kappa shape index (κ1) is 24.2. The Morgan fingerprint density at radius 3 is 1.78 bits per heavy atom. The van der Waals surface area contributed by atoms with Crippen LogP contribution in [0, 0.1) is 0 Å². The number of rotatable bonds is 19. The molecule has 0 N–H and O–H groups in total. The van der Waals surface area contributed by atoms with Crippen LogP contribution >= 0.6 is 0 Å². The minimum absolute atomic E-state index is 1.21. The maximum absolute atomic E-state index is 2.57. The number of nitrogens with zero attached hydrogens (tertiary/aromatic N) is 2. The topological polar surface area (TPSA) is 8.81 Å². The van der Waals surface area contributed by atoms with Gasteiger partial charge in [-0.3, -0.25) is 0 Å². The van der Waals surface area contributed by atoms with Gasteiger partial charge in [-0.2, -0.15) is 0 Å². The fourth-order valence-electron chi connectivity index (χ4n) is 4.03. The van der Waals surface area contributed by atoms with E-state index in [0.29, 0.717) is 0 Å². The molecule has 2 heteroatoms. The van der Waals surface area contributed by atoms with Gasteiger partial charge in [-0.1, -0.05) is 91.4 Å². The lowest BCUT2D eigenvalue weighted by atomic mass is 10.1. The number of aryl methyl sites for hydroxylation is 2. The van der Waals surface area contributed by atoms with Crippen LogP contribution in [0.1, 0.15) is 129 Å². The predicted octanol–water partition coefficient (Wildman–Crippen LogP) is 7.62. The van der Waals surface area contributed by atoms with Crippen LogP contribution in [0.5, 0.6) is 0 Å². The summed E-state index contributed by atoms with van der Waals surface area (Å²) in [5.41, 5.74) is 0. The molecule has 0 bridgehead atoms. The van der Waals surface area contributed by atoms with Crippen molar-refractivity contribution in [2.75, 3.05) is 0 Å². The van der Waals surface area contributed by atoms with Crippen molar-refractivity contribution in [3.8, 4) is 0 Å². The smallest absolute Gasteiger partial charge is 0.234 e. The van der Waals surface area contributed by atoms with Gasteiger partial charge in [0.05, 0.1) is 13.1 Å². The summed E-state index contributed by atoms with van der Waals surface area (Å²) in [6, 6.07) is 0. The summed E-state index contributed by atoms with van der Waals surface area (Å²) in [6.07, 6.45) is 28.1. The van der Waals surface area contributed by atoms with Crippen molar-refractivity contribution in [2.45, 2.75) is 143 Å². The van der Waals surface area contributed by atoms with E-state index in [-0.39, 0.29) is 0 Å². The highest BCUT2D eigenvalue weighted by atomic mass is 15.1. The van der Waals surface area contributed by atoms with Crippen LogP contribution < -0.4 is 4.57 Å². The Labute approximate surface area is 170 Å². The van der Waals surface area contributed by atoms with Crippen LogP contribution in [0.25, 0.3) is 0 Å². The Hall–Kier alpha value is -0.790. The summed E-state index contributed by atoms with van der Waals surface area (Å²) in [5, 5.41) is 0. The molecule has 0 unspecified atom stereocenters. The summed E-state index contributed by atoms with van der Waals surface area (Å²) in [6.45, 7) is 9.33. The molecular weight excluding hydrogens is 328 g/mol. The minimum Gasteiger partial charge on any atom is -0.234 e. The largest absolute Gasteiger partial charge is 0.256 e. The predicted molar refractivity (Wildman–Crippen MR) is 119 cm³/mol. The molecule has 2 nitrogen and oxygen atoms in total. The molecule has 0 atom stereocenters. The Kier molecular flexibility index (Phi) is 15.6. The summed E-state index contributed by atoms with van der Waals surface area (Å²) >= 11 is 0. The van der Waals surface area contributed by atoms with Crippen molar-refractivity contribution >= 4 is 0 Å². The summed E-state index contributed by atoms with van der Waals surface area (Å²) in [7, 11) is 0. The highest BCUT2D eigenvalue weighted by molar-refractivity contribution is 4.84. The van der Waals surface area contributed by atoms with Crippen LogP contribution in [0.3, 0.4) is 0 Å². The van der Waals surface area contributed by atoms with E-state index in [1.807, 2.05) is 0 Å². The SMILES string of the molecule is CCCCCCCCCn1cc[n+](CCCCC)c1CCCCCCCC. The van der Waals surface area contributed by atoms with Gasteiger partial charge in [-0.05, 0) is 32.1 Å². The highest BCUT2D eigenvalue weighted by Gasteiger charge is 2.16. The van der Waals surface area contributed by atoms with Gasteiger partial charge in [0.25, 0.3) is 5.82 Å². The van der Waals surface area contributed by atoms with Crippen molar-refractivity contribution < 1.29 is 4.57 Å². The Balaban J connectivity index is 2.41. The second-order valence-corrected chi connectivity index (χ2v) is 8.45. The lowest BCUT2D eigenvalue weighted by Gasteiger charge is -2.06. The summed E-state index contributed by atoms with van der Waals surface area (Å²) < 4.78 is 5.13. The van der Waals surface area contributed by atoms with E-state index in [2.05, 4.69) is 42.3 Å². The molecule has 158 valence electrons. The molecule has 1 heterocycles. The minimum atomic E-state index is 1.21. The van der Waals surface area contributed by atoms with Gasteiger partial charge in [0.15, 0.2) is 0 Å². The van der Waals surface area contributed by atoms with Crippen LogP contribution in [0.2, 0.25) is 0 Å². The van der Waals surface area contributed by atoms with Gasteiger partial charge in [0.1, 0.15) is 12.4 Å². The number of hydrogen-bond acceptors (Lipinski definition) is 0. The third-order valence-electron chi connectivity index (χ3n) is 5.85. The van der Waals surface area contributed by atoms with Crippen molar-refractivity contribution in [3.63, 3.8) is 0 Å². The second kappa shape index (κ2) is 17.3. The highest BCUT2D eigenvalue weighted by Crippen LogP contribution is 2.12. The number of hydrogen-bond donors (Lipinski definition) is 0. The lowest BCUT2D eigenvalue weighted by molar-refractivity contribution is -0.704. The monoisotopic (exact) mass is 377 g/mol. The Morgan fingerprint density at radius 1 is 0.630 bits per heavy atom. The molecule has 0 saturated carbocycles. The van der Waals surface area contributed by atoms with E-state index in [1.165, 1.54) is 122 Å². The third kappa shape index (κ3) is 11.6. The van der Waals surface area contributed by atoms with E-state index < -0.39 is 0 Å². The first-order valence-corrected chi connectivity index (χ1v) is 12.4. The van der Waals surface area contributed by atoms with Gasteiger partial charge in [-0.25, -0.2) is 9.13 Å². The molecule has 27 heavy (non-hydrogen) atoms. The standard InChI is InChI=1S/C25H49N2/c1-4-7-10-12-14-16-19-22-27-24-23-26(21-18-9-6-3)25(27)20-17-15-13-11-8-5-2/h23-24H,4-22H2,1-3H3/q+1. The average Bonchev–Trinajstić information content (AvgIpc) is 3.06. The second-order valence-electron chi connectivity index (χ2n) is 8.45. The first-order chi connectivity index (χ1) is 13.3. The first-order valence-electron chi connectivity index (χ1n) is 12.4. The zero-order valence-corrected chi connectivity index (χ0v) is 19.0. The van der Waals surface area contributed by atoms with Crippen molar-refractivity contribution in [1.29, 1.82) is 0 Å². The van der Waals surface area contributed by atoms with E-state index in [0.717, 1.165) is 0 Å². The summed E-state index contributed by atoms with van der Waals surface area (Å²) in [5.74, 6) is 1.59. The van der Waals surface area contributed by atoms with E-state index in [1.54, 1.807) is 5.82 Å². The van der Waals surface area contributed by atoms with Gasteiger partial charge >= 0.3 is 0 Å². The Bertz CT molecular complexity index is 436. The fraction of sp³-hybridized carbons (Fsp3) is 0.880.